The van der Waals surface area contributed by atoms with Crippen molar-refractivity contribution in [1.29, 1.82) is 0 Å². The highest BCUT2D eigenvalue weighted by Gasteiger charge is 2.06. The summed E-state index contributed by atoms with van der Waals surface area (Å²) in [5.41, 5.74) is 1.04. The molecule has 2 N–H and O–H groups in total. The van der Waals surface area contributed by atoms with E-state index in [-0.39, 0.29) is 0 Å². The Labute approximate surface area is 114 Å². The Morgan fingerprint density at radius 2 is 2.00 bits per heavy atom. The maximum Gasteiger partial charge on any atom is 0.345 e. The quantitative estimate of drug-likeness (QED) is 0.883. The SMILES string of the molecule is O=C(O)c1ccc(CNCc2ccccc2Cl)s1. The van der Waals surface area contributed by atoms with Crippen molar-refractivity contribution >= 4 is 28.9 Å². The molecule has 0 fully saturated rings. The molecule has 1 aromatic heterocycles. The third-order valence-electron chi connectivity index (χ3n) is 2.44. The van der Waals surface area contributed by atoms with Crippen molar-refractivity contribution in [3.8, 4) is 0 Å². The van der Waals surface area contributed by atoms with Gasteiger partial charge in [0.15, 0.2) is 0 Å². The molecule has 0 unspecified atom stereocenters. The molecule has 0 amide bonds. The standard InChI is InChI=1S/C13H12ClNO2S/c14-11-4-2-1-3-9(11)7-15-8-10-5-6-12(18-10)13(16)17/h1-6,15H,7-8H2,(H,16,17). The number of hydrogen-bond donors (Lipinski definition) is 2. The molecule has 0 radical (unpaired) electrons. The van der Waals surface area contributed by atoms with Gasteiger partial charge in [-0.15, -0.1) is 11.3 Å². The largest absolute Gasteiger partial charge is 0.477 e. The lowest BCUT2D eigenvalue weighted by molar-refractivity contribution is 0.0702. The molecule has 0 bridgehead atoms. The third kappa shape index (κ3) is 3.32. The summed E-state index contributed by atoms with van der Waals surface area (Å²) in [6, 6.07) is 11.1. The zero-order valence-corrected chi connectivity index (χ0v) is 11.1. The first-order valence-corrected chi connectivity index (χ1v) is 6.62. The molecule has 94 valence electrons. The number of carbonyl (C=O) groups is 1. The zero-order chi connectivity index (χ0) is 13.0. The predicted molar refractivity (Wildman–Crippen MR) is 73.3 cm³/mol. The Hall–Kier alpha value is -1.36. The van der Waals surface area contributed by atoms with Crippen molar-refractivity contribution < 1.29 is 9.90 Å². The average molecular weight is 282 g/mol. The molecule has 0 saturated heterocycles. The third-order valence-corrected chi connectivity index (χ3v) is 3.89. The maximum atomic E-state index is 10.7. The first kappa shape index (κ1) is 13.1. The van der Waals surface area contributed by atoms with E-state index in [1.54, 1.807) is 6.07 Å². The maximum absolute atomic E-state index is 10.7. The van der Waals surface area contributed by atoms with Gasteiger partial charge in [0.25, 0.3) is 0 Å². The fourth-order valence-corrected chi connectivity index (χ4v) is 2.57. The summed E-state index contributed by atoms with van der Waals surface area (Å²) in [6.45, 7) is 1.31. The Morgan fingerprint density at radius 3 is 2.67 bits per heavy atom. The number of carboxylic acids is 1. The lowest BCUT2D eigenvalue weighted by Crippen LogP contribution is -2.11. The second-order valence-electron chi connectivity index (χ2n) is 3.77. The molecule has 0 saturated carbocycles. The van der Waals surface area contributed by atoms with Gasteiger partial charge >= 0.3 is 5.97 Å². The van der Waals surface area contributed by atoms with Crippen LogP contribution >= 0.6 is 22.9 Å². The molecule has 0 aliphatic heterocycles. The smallest absolute Gasteiger partial charge is 0.345 e. The summed E-state index contributed by atoms with van der Waals surface area (Å²) in [4.78, 5) is 12.1. The molecular weight excluding hydrogens is 270 g/mol. The summed E-state index contributed by atoms with van der Waals surface area (Å²) in [5.74, 6) is -0.877. The van der Waals surface area contributed by atoms with Gasteiger partial charge in [-0.3, -0.25) is 0 Å². The van der Waals surface area contributed by atoms with Gasteiger partial charge in [0.05, 0.1) is 0 Å². The van der Waals surface area contributed by atoms with E-state index in [4.69, 9.17) is 16.7 Å². The van der Waals surface area contributed by atoms with Crippen LogP contribution in [-0.2, 0) is 13.1 Å². The van der Waals surface area contributed by atoms with E-state index in [1.807, 2.05) is 30.3 Å². The molecule has 5 heteroatoms. The monoisotopic (exact) mass is 281 g/mol. The Kier molecular flexibility index (Phi) is 4.36. The summed E-state index contributed by atoms with van der Waals surface area (Å²) in [5, 5.41) is 12.8. The molecule has 1 heterocycles. The molecule has 0 spiro atoms. The van der Waals surface area contributed by atoms with Crippen LogP contribution in [0, 0.1) is 0 Å². The number of halogens is 1. The van der Waals surface area contributed by atoms with Crippen LogP contribution < -0.4 is 5.32 Å². The predicted octanol–water partition coefficient (Wildman–Crippen LogP) is 3.39. The highest BCUT2D eigenvalue weighted by atomic mass is 35.5. The minimum absolute atomic E-state index is 0.365. The van der Waals surface area contributed by atoms with Gasteiger partial charge in [-0.05, 0) is 23.8 Å². The van der Waals surface area contributed by atoms with Crippen LogP contribution in [-0.4, -0.2) is 11.1 Å². The second kappa shape index (κ2) is 6.00. The van der Waals surface area contributed by atoms with Crippen molar-refractivity contribution in [2.75, 3.05) is 0 Å². The van der Waals surface area contributed by atoms with E-state index >= 15 is 0 Å². The normalized spacial score (nSPS) is 10.5. The summed E-state index contributed by atoms with van der Waals surface area (Å²) < 4.78 is 0. The van der Waals surface area contributed by atoms with Crippen LogP contribution in [0.25, 0.3) is 0 Å². The van der Waals surface area contributed by atoms with Gasteiger partial charge < -0.3 is 10.4 Å². The minimum Gasteiger partial charge on any atom is -0.477 e. The summed E-state index contributed by atoms with van der Waals surface area (Å²) in [7, 11) is 0. The van der Waals surface area contributed by atoms with Crippen LogP contribution in [0.1, 0.15) is 20.1 Å². The van der Waals surface area contributed by atoms with Crippen LogP contribution in [0.5, 0.6) is 0 Å². The Morgan fingerprint density at radius 1 is 1.22 bits per heavy atom. The van der Waals surface area contributed by atoms with Crippen LogP contribution in [0.4, 0.5) is 0 Å². The molecule has 2 rings (SSSR count). The highest BCUT2D eigenvalue weighted by molar-refractivity contribution is 7.13. The lowest BCUT2D eigenvalue weighted by atomic mass is 10.2. The number of nitrogens with one attached hydrogen (secondary N) is 1. The van der Waals surface area contributed by atoms with Crippen molar-refractivity contribution in [2.24, 2.45) is 0 Å². The Bertz CT molecular complexity index is 553. The topological polar surface area (TPSA) is 49.3 Å². The molecule has 3 nitrogen and oxygen atoms in total. The number of thiophene rings is 1. The number of aromatic carboxylic acids is 1. The highest BCUT2D eigenvalue weighted by Crippen LogP contribution is 2.17. The average Bonchev–Trinajstić information content (AvgIpc) is 2.80. The van der Waals surface area contributed by atoms with Gasteiger partial charge in [-0.2, -0.15) is 0 Å². The van der Waals surface area contributed by atoms with Gasteiger partial charge in [-0.25, -0.2) is 4.79 Å². The van der Waals surface area contributed by atoms with Gasteiger partial charge in [0.2, 0.25) is 0 Å². The van der Waals surface area contributed by atoms with Crippen LogP contribution in [0.2, 0.25) is 5.02 Å². The van der Waals surface area contributed by atoms with Crippen LogP contribution in [0.15, 0.2) is 36.4 Å². The van der Waals surface area contributed by atoms with E-state index < -0.39 is 5.97 Å². The van der Waals surface area contributed by atoms with Crippen LogP contribution in [0.3, 0.4) is 0 Å². The first-order valence-electron chi connectivity index (χ1n) is 5.43. The van der Waals surface area contributed by atoms with E-state index in [0.717, 1.165) is 15.5 Å². The molecule has 0 aliphatic carbocycles. The zero-order valence-electron chi connectivity index (χ0n) is 9.52. The van der Waals surface area contributed by atoms with Gasteiger partial charge in [-0.1, -0.05) is 29.8 Å². The fraction of sp³-hybridized carbons (Fsp3) is 0.154. The molecule has 1 aromatic carbocycles. The van der Waals surface area contributed by atoms with Gasteiger partial charge in [0.1, 0.15) is 4.88 Å². The van der Waals surface area contributed by atoms with E-state index in [0.29, 0.717) is 18.0 Å². The number of carboxylic acid groups (broad SMARTS) is 1. The fourth-order valence-electron chi connectivity index (χ4n) is 1.55. The number of benzene rings is 1. The van der Waals surface area contributed by atoms with E-state index in [9.17, 15) is 4.79 Å². The lowest BCUT2D eigenvalue weighted by Gasteiger charge is -2.05. The van der Waals surface area contributed by atoms with E-state index in [1.165, 1.54) is 11.3 Å². The summed E-state index contributed by atoms with van der Waals surface area (Å²) >= 11 is 7.32. The van der Waals surface area contributed by atoms with Crippen molar-refractivity contribution in [3.63, 3.8) is 0 Å². The van der Waals surface area contributed by atoms with Crippen molar-refractivity contribution in [3.05, 3.63) is 56.7 Å². The van der Waals surface area contributed by atoms with E-state index in [2.05, 4.69) is 5.32 Å². The molecule has 18 heavy (non-hydrogen) atoms. The summed E-state index contributed by atoms with van der Waals surface area (Å²) in [6.07, 6.45) is 0. The van der Waals surface area contributed by atoms with Crippen molar-refractivity contribution in [1.82, 2.24) is 5.32 Å². The second-order valence-corrected chi connectivity index (χ2v) is 5.34. The van der Waals surface area contributed by atoms with Gasteiger partial charge in [0, 0.05) is 23.0 Å². The number of hydrogen-bond acceptors (Lipinski definition) is 3. The molecular formula is C13H12ClNO2S. The molecule has 0 aliphatic rings. The Balaban J connectivity index is 1.88. The molecule has 0 atom stereocenters. The molecule has 2 aromatic rings. The number of rotatable bonds is 5. The first-order chi connectivity index (χ1) is 8.66. The minimum atomic E-state index is -0.877. The van der Waals surface area contributed by atoms with Crippen molar-refractivity contribution in [2.45, 2.75) is 13.1 Å².